The molecule has 0 aromatic rings. The van der Waals surface area contributed by atoms with Crippen LogP contribution in [0.4, 0.5) is 0 Å². The highest BCUT2D eigenvalue weighted by Crippen LogP contribution is 2.45. The number of rotatable bonds is 13. The first-order chi connectivity index (χ1) is 17.4. The van der Waals surface area contributed by atoms with Crippen molar-refractivity contribution in [1.82, 2.24) is 0 Å². The summed E-state index contributed by atoms with van der Waals surface area (Å²) in [5.74, 6) is 0.446. The van der Waals surface area contributed by atoms with Gasteiger partial charge in [-0.2, -0.15) is 0 Å². The summed E-state index contributed by atoms with van der Waals surface area (Å²) >= 11 is -0.444. The van der Waals surface area contributed by atoms with Gasteiger partial charge in [0.15, 0.2) is 24.4 Å². The molecular weight excluding hydrogens is 591 g/mol. The summed E-state index contributed by atoms with van der Waals surface area (Å²) in [5.41, 5.74) is 1.83. The molecule has 0 aromatic heterocycles. The molecule has 0 amide bonds. The lowest BCUT2D eigenvalue weighted by atomic mass is 9.79. The Bertz CT molecular complexity index is 1120. The number of aliphatic hydroxyl groups is 3. The average molecular weight is 626 g/mol. The van der Waals surface area contributed by atoms with E-state index in [1.807, 2.05) is 22.2 Å². The number of hydrogen-bond acceptors (Lipinski definition) is 8. The molecule has 0 saturated carbocycles. The zero-order valence-corrected chi connectivity index (χ0v) is 23.8. The summed E-state index contributed by atoms with van der Waals surface area (Å²) in [4.78, 5) is 11.4. The van der Waals surface area contributed by atoms with Crippen molar-refractivity contribution in [2.24, 2.45) is 5.41 Å². The average Bonchev–Trinajstić information content (AvgIpc) is 2.88. The van der Waals surface area contributed by atoms with E-state index in [4.69, 9.17) is 18.9 Å². The number of carbonyl (C=O) groups excluding carboxylic acids is 1. The van der Waals surface area contributed by atoms with Crippen LogP contribution in [0.25, 0.3) is 0 Å². The van der Waals surface area contributed by atoms with Gasteiger partial charge < -0.3 is 34.3 Å². The van der Waals surface area contributed by atoms with Crippen LogP contribution in [0.3, 0.4) is 0 Å². The lowest BCUT2D eigenvalue weighted by Gasteiger charge is -2.31. The fourth-order valence-corrected chi connectivity index (χ4v) is 5.57. The Hall–Kier alpha value is -2.89. The maximum Gasteiger partial charge on any atom is 0.333 e. The van der Waals surface area contributed by atoms with Crippen LogP contribution in [0.15, 0.2) is 93.3 Å². The third kappa shape index (κ3) is 9.83. The lowest BCUT2D eigenvalue weighted by Crippen LogP contribution is -2.18. The first kappa shape index (κ1) is 30.3. The van der Waals surface area contributed by atoms with E-state index in [0.717, 1.165) is 6.42 Å². The first-order valence-electron chi connectivity index (χ1n) is 11.6. The highest BCUT2D eigenvalue weighted by Gasteiger charge is 2.29. The first-order valence-corrected chi connectivity index (χ1v) is 13.9. The van der Waals surface area contributed by atoms with Crippen molar-refractivity contribution in [1.29, 1.82) is 0 Å². The smallest absolute Gasteiger partial charge is 0.333 e. The van der Waals surface area contributed by atoms with Crippen LogP contribution < -0.4 is 0 Å². The van der Waals surface area contributed by atoms with Gasteiger partial charge in [0.2, 0.25) is 0 Å². The van der Waals surface area contributed by atoms with E-state index in [1.165, 1.54) is 28.6 Å². The number of aliphatic hydroxyl groups excluding tert-OH is 3. The minimum absolute atomic E-state index is 0.142. The van der Waals surface area contributed by atoms with Gasteiger partial charge in [0.05, 0.1) is 0 Å². The fourth-order valence-electron chi connectivity index (χ4n) is 3.06. The maximum absolute atomic E-state index is 11.4. The van der Waals surface area contributed by atoms with Crippen LogP contribution in [0.1, 0.15) is 40.5 Å². The Kier molecular flexibility index (Phi) is 11.6. The van der Waals surface area contributed by atoms with Crippen LogP contribution in [-0.2, 0) is 23.7 Å². The second kappa shape index (κ2) is 14.2. The van der Waals surface area contributed by atoms with Crippen LogP contribution >= 0.6 is 20.7 Å². The minimum atomic E-state index is -1.14. The zero-order chi connectivity index (χ0) is 27.6. The standard InChI is InChI=1S/C28H35IO8/c1-18(2)26(32)36-16-21(30)14-34-23-9-7-20(8-10-23)28(5,6)25-12-11-24(13-29-25)35-15-22(31)17-37-27(33)19(3)4/h7,9,11-15,27,30-31,33H,1,3,8,10,16-17H2,2,4-6H3/b21-14-,22-15-. The Labute approximate surface area is 228 Å². The van der Waals surface area contributed by atoms with E-state index in [-0.39, 0.29) is 35.7 Å². The largest absolute Gasteiger partial charge is 0.507 e. The van der Waals surface area contributed by atoms with Crippen molar-refractivity contribution >= 4 is 30.7 Å². The van der Waals surface area contributed by atoms with Gasteiger partial charge in [0.25, 0.3) is 0 Å². The van der Waals surface area contributed by atoms with E-state index < -0.39 is 33.0 Å². The monoisotopic (exact) mass is 626 g/mol. The maximum atomic E-state index is 11.4. The Balaban J connectivity index is 1.94. The predicted molar refractivity (Wildman–Crippen MR) is 152 cm³/mol. The van der Waals surface area contributed by atoms with Gasteiger partial charge in [-0.3, -0.25) is 0 Å². The van der Waals surface area contributed by atoms with E-state index in [1.54, 1.807) is 6.92 Å². The summed E-state index contributed by atoms with van der Waals surface area (Å²) in [5, 5.41) is 29.3. The molecule has 2 rings (SSSR count). The van der Waals surface area contributed by atoms with Crippen LogP contribution in [0.5, 0.6) is 0 Å². The number of carbonyl (C=O) groups is 1. The minimum Gasteiger partial charge on any atom is -0.507 e. The Morgan fingerprint density at radius 2 is 1.73 bits per heavy atom. The van der Waals surface area contributed by atoms with E-state index in [2.05, 4.69) is 33.1 Å². The van der Waals surface area contributed by atoms with Gasteiger partial charge in [-0.05, 0) is 47.6 Å². The van der Waals surface area contributed by atoms with Gasteiger partial charge >= 0.3 is 5.97 Å². The third-order valence-electron chi connectivity index (χ3n) is 5.37. The topological polar surface area (TPSA) is 115 Å². The number of esters is 1. The Morgan fingerprint density at radius 1 is 1.05 bits per heavy atom. The second-order valence-electron chi connectivity index (χ2n) is 9.07. The van der Waals surface area contributed by atoms with Crippen LogP contribution in [0.2, 0.25) is 0 Å². The molecule has 1 unspecified atom stereocenters. The molecule has 37 heavy (non-hydrogen) atoms. The van der Waals surface area contributed by atoms with E-state index in [9.17, 15) is 20.1 Å². The van der Waals surface area contributed by atoms with Crippen molar-refractivity contribution in [3.05, 3.63) is 93.3 Å². The zero-order valence-electron chi connectivity index (χ0n) is 21.6. The molecule has 0 aromatic carbocycles. The van der Waals surface area contributed by atoms with Crippen molar-refractivity contribution in [2.75, 3.05) is 13.2 Å². The van der Waals surface area contributed by atoms with Crippen molar-refractivity contribution in [3.8, 4) is 0 Å². The second-order valence-corrected chi connectivity index (χ2v) is 11.5. The highest BCUT2D eigenvalue weighted by molar-refractivity contribution is 14.2. The summed E-state index contributed by atoms with van der Waals surface area (Å²) in [6.07, 6.45) is 10.6. The molecule has 9 heteroatoms. The molecule has 1 aliphatic carbocycles. The van der Waals surface area contributed by atoms with Gasteiger partial charge in [-0.1, -0.05) is 59.4 Å². The molecule has 1 aliphatic heterocycles. The normalized spacial score (nSPS) is 17.3. The van der Waals surface area contributed by atoms with Crippen LogP contribution in [0, 0.1) is 5.41 Å². The molecule has 1 heterocycles. The van der Waals surface area contributed by atoms with Gasteiger partial charge in [0.1, 0.15) is 30.6 Å². The van der Waals surface area contributed by atoms with Gasteiger partial charge in [0, 0.05) is 21.4 Å². The number of halogens is 1. The van der Waals surface area contributed by atoms with Gasteiger partial charge in [-0.25, -0.2) is 4.79 Å². The fraction of sp³-hybridized carbons (Fsp3) is 0.357. The predicted octanol–water partition coefficient (Wildman–Crippen LogP) is 6.03. The summed E-state index contributed by atoms with van der Waals surface area (Å²) in [7, 11) is 0. The molecule has 0 bridgehead atoms. The number of hydrogen-bond donors (Lipinski definition) is 3. The SMILES string of the molecule is C=C(C)C(=O)OC/C(O)=C/OC1=CC=C(C(C)(C)C2=CC=C(O/C=C(\O)COC(O)C(=C)C)C=I2)CC1. The molecule has 0 saturated heterocycles. The molecule has 8 nitrogen and oxygen atoms in total. The number of ether oxygens (including phenoxy) is 4. The summed E-state index contributed by atoms with van der Waals surface area (Å²) < 4.78 is 24.4. The quantitative estimate of drug-likeness (QED) is 0.0567. The van der Waals surface area contributed by atoms with Crippen molar-refractivity contribution in [2.45, 2.75) is 46.8 Å². The molecule has 0 fully saturated rings. The van der Waals surface area contributed by atoms with Crippen molar-refractivity contribution < 1.29 is 39.1 Å². The molecular formula is C28H35IO8. The van der Waals surface area contributed by atoms with Crippen molar-refractivity contribution in [3.63, 3.8) is 0 Å². The Morgan fingerprint density at radius 3 is 2.30 bits per heavy atom. The lowest BCUT2D eigenvalue weighted by molar-refractivity contribution is -0.138. The van der Waals surface area contributed by atoms with E-state index in [0.29, 0.717) is 23.5 Å². The molecule has 1 atom stereocenters. The van der Waals surface area contributed by atoms with Crippen LogP contribution in [-0.4, -0.2) is 44.8 Å². The number of allylic oxidation sites excluding steroid dienone is 8. The summed E-state index contributed by atoms with van der Waals surface area (Å²) in [6, 6.07) is 0. The molecule has 0 radical (unpaired) electrons. The summed E-state index contributed by atoms with van der Waals surface area (Å²) in [6.45, 7) is 14.1. The molecule has 202 valence electrons. The van der Waals surface area contributed by atoms with E-state index >= 15 is 0 Å². The third-order valence-corrected chi connectivity index (χ3v) is 8.68. The molecule has 3 N–H and O–H groups in total. The van der Waals surface area contributed by atoms with Gasteiger partial charge in [-0.15, -0.1) is 0 Å². The highest BCUT2D eigenvalue weighted by atomic mass is 127. The molecule has 2 aliphatic rings. The molecule has 0 spiro atoms.